The number of aromatic nitrogens is 2. The second kappa shape index (κ2) is 7.93. The van der Waals surface area contributed by atoms with Gasteiger partial charge in [0.2, 0.25) is 17.6 Å². The summed E-state index contributed by atoms with van der Waals surface area (Å²) >= 11 is 0. The number of amides is 1. The van der Waals surface area contributed by atoms with Gasteiger partial charge in [0.25, 0.3) is 0 Å². The summed E-state index contributed by atoms with van der Waals surface area (Å²) in [7, 11) is 0. The molecular weight excluding hydrogens is 395 g/mol. The molecule has 2 heterocycles. The predicted octanol–water partition coefficient (Wildman–Crippen LogP) is 4.88. The number of rotatable bonds is 5. The Morgan fingerprint density at radius 2 is 1.93 bits per heavy atom. The van der Waals surface area contributed by atoms with Gasteiger partial charge in [-0.25, -0.2) is 0 Å². The molecule has 0 saturated carbocycles. The van der Waals surface area contributed by atoms with Gasteiger partial charge >= 0.3 is 6.18 Å². The minimum absolute atomic E-state index is 0.00148. The van der Waals surface area contributed by atoms with Gasteiger partial charge in [0.1, 0.15) is 0 Å². The quantitative estimate of drug-likeness (QED) is 0.596. The first-order valence-corrected chi connectivity index (χ1v) is 9.65. The smallest absolute Gasteiger partial charge is 0.341 e. The molecule has 1 saturated heterocycles. The monoisotopic (exact) mass is 415 g/mol. The summed E-state index contributed by atoms with van der Waals surface area (Å²) in [5, 5.41) is 3.83. The molecule has 1 fully saturated rings. The van der Waals surface area contributed by atoms with Crippen LogP contribution in [0.5, 0.6) is 0 Å². The van der Waals surface area contributed by atoms with E-state index in [0.717, 1.165) is 17.7 Å². The molecule has 3 aromatic rings. The van der Waals surface area contributed by atoms with Crippen LogP contribution in [0, 0.1) is 0 Å². The summed E-state index contributed by atoms with van der Waals surface area (Å²) in [5.41, 5.74) is 0.598. The highest BCUT2D eigenvalue weighted by molar-refractivity contribution is 5.79. The van der Waals surface area contributed by atoms with Crippen molar-refractivity contribution < 1.29 is 22.5 Å². The average molecular weight is 415 g/mol. The van der Waals surface area contributed by atoms with Gasteiger partial charge in [-0.15, -0.1) is 0 Å². The third-order valence-electron chi connectivity index (χ3n) is 5.32. The van der Waals surface area contributed by atoms with Gasteiger partial charge in [-0.2, -0.15) is 18.2 Å². The molecule has 2 unspecified atom stereocenters. The maximum atomic E-state index is 12.9. The molecule has 2 atom stereocenters. The normalized spacial score (nSPS) is 18.1. The minimum Gasteiger partial charge on any atom is -0.341 e. The molecule has 2 aromatic carbocycles. The number of hydrogen-bond donors (Lipinski definition) is 0. The highest BCUT2D eigenvalue weighted by Crippen LogP contribution is 2.33. The van der Waals surface area contributed by atoms with E-state index in [9.17, 15) is 18.0 Å². The lowest BCUT2D eigenvalue weighted by molar-refractivity contribution is -0.137. The van der Waals surface area contributed by atoms with E-state index in [0.29, 0.717) is 13.1 Å². The predicted molar refractivity (Wildman–Crippen MR) is 104 cm³/mol. The number of hydrogen-bond acceptors (Lipinski definition) is 4. The van der Waals surface area contributed by atoms with Crippen molar-refractivity contribution in [2.75, 3.05) is 13.1 Å². The summed E-state index contributed by atoms with van der Waals surface area (Å²) in [6.07, 6.45) is -4.21. The number of carbonyl (C=O) groups excluding carboxylic acids is 1. The SMILES string of the molecule is CC(CN1CC(c2nc(-c3cccc(C(F)(F)F)c3)no2)CC1=O)c1ccccc1. The third kappa shape index (κ3) is 4.22. The van der Waals surface area contributed by atoms with E-state index in [4.69, 9.17) is 4.52 Å². The molecule has 0 radical (unpaired) electrons. The van der Waals surface area contributed by atoms with Crippen molar-refractivity contribution in [1.29, 1.82) is 0 Å². The molecule has 1 amide bonds. The summed E-state index contributed by atoms with van der Waals surface area (Å²) in [5.74, 6) is 0.261. The van der Waals surface area contributed by atoms with Crippen molar-refractivity contribution in [3.8, 4) is 11.4 Å². The van der Waals surface area contributed by atoms with Crippen molar-refractivity contribution in [3.05, 3.63) is 71.6 Å². The first-order chi connectivity index (χ1) is 14.3. The van der Waals surface area contributed by atoms with Gasteiger partial charge in [0.15, 0.2) is 0 Å². The standard InChI is InChI=1S/C22H20F3N3O2/c1-14(15-6-3-2-4-7-15)12-28-13-17(11-19(28)29)21-26-20(27-30-21)16-8-5-9-18(10-16)22(23,24)25/h2-10,14,17H,11-13H2,1H3. The maximum Gasteiger partial charge on any atom is 0.416 e. The van der Waals surface area contributed by atoms with E-state index < -0.39 is 11.7 Å². The summed E-state index contributed by atoms with van der Waals surface area (Å²) in [6, 6.07) is 14.7. The van der Waals surface area contributed by atoms with Crippen molar-refractivity contribution in [2.45, 2.75) is 31.4 Å². The summed E-state index contributed by atoms with van der Waals surface area (Å²) in [6.45, 7) is 3.09. The van der Waals surface area contributed by atoms with E-state index in [1.165, 1.54) is 12.1 Å². The van der Waals surface area contributed by atoms with Crippen LogP contribution in [0.15, 0.2) is 59.1 Å². The zero-order valence-electron chi connectivity index (χ0n) is 16.3. The lowest BCUT2D eigenvalue weighted by atomic mass is 10.0. The average Bonchev–Trinajstić information content (AvgIpc) is 3.35. The molecular formula is C22H20F3N3O2. The zero-order chi connectivity index (χ0) is 21.3. The van der Waals surface area contributed by atoms with Gasteiger partial charge in [-0.05, 0) is 23.6 Å². The molecule has 0 N–H and O–H groups in total. The Morgan fingerprint density at radius 1 is 1.17 bits per heavy atom. The topological polar surface area (TPSA) is 59.2 Å². The lowest BCUT2D eigenvalue weighted by Gasteiger charge is -2.21. The maximum absolute atomic E-state index is 12.9. The van der Waals surface area contributed by atoms with Gasteiger partial charge in [-0.1, -0.05) is 54.5 Å². The van der Waals surface area contributed by atoms with Crippen LogP contribution in [0.4, 0.5) is 13.2 Å². The molecule has 0 bridgehead atoms. The van der Waals surface area contributed by atoms with Crippen LogP contribution in [-0.4, -0.2) is 34.0 Å². The molecule has 0 spiro atoms. The van der Waals surface area contributed by atoms with Crippen LogP contribution in [-0.2, 0) is 11.0 Å². The minimum atomic E-state index is -4.45. The molecule has 1 aliphatic heterocycles. The largest absolute Gasteiger partial charge is 0.416 e. The molecule has 1 aromatic heterocycles. The van der Waals surface area contributed by atoms with Crippen LogP contribution < -0.4 is 0 Å². The number of likely N-dealkylation sites (tertiary alicyclic amines) is 1. The van der Waals surface area contributed by atoms with Crippen molar-refractivity contribution >= 4 is 5.91 Å². The Hall–Kier alpha value is -3.16. The molecule has 4 rings (SSSR count). The molecule has 1 aliphatic rings. The number of nitrogens with zero attached hydrogens (tertiary/aromatic N) is 3. The fraction of sp³-hybridized carbons (Fsp3) is 0.318. The van der Waals surface area contributed by atoms with E-state index in [1.807, 2.05) is 30.3 Å². The second-order valence-electron chi connectivity index (χ2n) is 7.55. The Morgan fingerprint density at radius 3 is 2.67 bits per heavy atom. The molecule has 30 heavy (non-hydrogen) atoms. The molecule has 5 nitrogen and oxygen atoms in total. The highest BCUT2D eigenvalue weighted by Gasteiger charge is 2.35. The van der Waals surface area contributed by atoms with Crippen molar-refractivity contribution in [3.63, 3.8) is 0 Å². The van der Waals surface area contributed by atoms with Crippen LogP contribution in [0.1, 0.15) is 42.2 Å². The molecule has 0 aliphatic carbocycles. The second-order valence-corrected chi connectivity index (χ2v) is 7.55. The molecule has 156 valence electrons. The van der Waals surface area contributed by atoms with E-state index in [1.54, 1.807) is 4.90 Å². The lowest BCUT2D eigenvalue weighted by Crippen LogP contribution is -2.29. The van der Waals surface area contributed by atoms with Crippen LogP contribution in [0.2, 0.25) is 0 Å². The van der Waals surface area contributed by atoms with Crippen molar-refractivity contribution in [1.82, 2.24) is 15.0 Å². The van der Waals surface area contributed by atoms with Crippen LogP contribution in [0.3, 0.4) is 0 Å². The van der Waals surface area contributed by atoms with Crippen molar-refractivity contribution in [2.24, 2.45) is 0 Å². The third-order valence-corrected chi connectivity index (χ3v) is 5.32. The van der Waals surface area contributed by atoms with E-state index >= 15 is 0 Å². The summed E-state index contributed by atoms with van der Waals surface area (Å²) in [4.78, 5) is 18.5. The van der Waals surface area contributed by atoms with E-state index in [2.05, 4.69) is 17.1 Å². The van der Waals surface area contributed by atoms with Crippen LogP contribution >= 0.6 is 0 Å². The van der Waals surface area contributed by atoms with Crippen LogP contribution in [0.25, 0.3) is 11.4 Å². The van der Waals surface area contributed by atoms with Gasteiger partial charge < -0.3 is 9.42 Å². The van der Waals surface area contributed by atoms with Gasteiger partial charge in [0.05, 0.1) is 11.5 Å². The summed E-state index contributed by atoms with van der Waals surface area (Å²) < 4.78 is 44.1. The Labute approximate surface area is 171 Å². The van der Waals surface area contributed by atoms with Gasteiger partial charge in [-0.3, -0.25) is 4.79 Å². The first kappa shape index (κ1) is 20.1. The number of carbonyl (C=O) groups is 1. The number of halogens is 3. The Balaban J connectivity index is 1.46. The number of alkyl halides is 3. The van der Waals surface area contributed by atoms with Gasteiger partial charge in [0, 0.05) is 25.1 Å². The zero-order valence-corrected chi connectivity index (χ0v) is 16.3. The number of benzene rings is 2. The van der Waals surface area contributed by atoms with E-state index in [-0.39, 0.29) is 41.4 Å². The Kier molecular flexibility index (Phi) is 5.32. The first-order valence-electron chi connectivity index (χ1n) is 9.65. The fourth-order valence-electron chi connectivity index (χ4n) is 3.68. The Bertz CT molecular complexity index is 1030. The highest BCUT2D eigenvalue weighted by atomic mass is 19.4. The molecule has 8 heteroatoms. The fourth-order valence-corrected chi connectivity index (χ4v) is 3.68.